The van der Waals surface area contributed by atoms with Gasteiger partial charge in [0, 0.05) is 43.8 Å². The molecule has 0 unspecified atom stereocenters. The van der Waals surface area contributed by atoms with E-state index in [0.717, 1.165) is 24.6 Å². The van der Waals surface area contributed by atoms with E-state index in [9.17, 15) is 9.18 Å². The van der Waals surface area contributed by atoms with Crippen molar-refractivity contribution in [3.63, 3.8) is 0 Å². The summed E-state index contributed by atoms with van der Waals surface area (Å²) in [5.41, 5.74) is 1.08. The number of carbonyl (C=O) groups is 1. The number of nitrogens with zero attached hydrogens (tertiary/aromatic N) is 3. The van der Waals surface area contributed by atoms with Crippen LogP contribution in [0.4, 0.5) is 10.4 Å². The Labute approximate surface area is 131 Å². The third-order valence-corrected chi connectivity index (χ3v) is 5.11. The first-order chi connectivity index (χ1) is 10.7. The second-order valence-corrected chi connectivity index (χ2v) is 6.87. The molecule has 0 saturated carbocycles. The van der Waals surface area contributed by atoms with Gasteiger partial charge in [0.2, 0.25) is 5.91 Å². The minimum Gasteiger partial charge on any atom is -0.423 e. The van der Waals surface area contributed by atoms with Crippen LogP contribution < -0.4 is 4.90 Å². The molecule has 1 aromatic carbocycles. The van der Waals surface area contributed by atoms with E-state index in [-0.39, 0.29) is 17.6 Å². The van der Waals surface area contributed by atoms with Crippen LogP contribution in [-0.2, 0) is 4.79 Å². The SMILES string of the molecule is O=C(C1CN(c2nc3ccc(F)cc3o2)C1)N1CCSCC1. The van der Waals surface area contributed by atoms with Crippen molar-refractivity contribution in [1.82, 2.24) is 9.88 Å². The first-order valence-corrected chi connectivity index (χ1v) is 8.54. The molecule has 7 heteroatoms. The number of oxazole rings is 1. The van der Waals surface area contributed by atoms with Gasteiger partial charge in [0.25, 0.3) is 6.01 Å². The van der Waals surface area contributed by atoms with Crippen LogP contribution in [0.5, 0.6) is 0 Å². The quantitative estimate of drug-likeness (QED) is 0.846. The minimum absolute atomic E-state index is 0.0230. The van der Waals surface area contributed by atoms with E-state index in [0.29, 0.717) is 30.2 Å². The van der Waals surface area contributed by atoms with Crippen molar-refractivity contribution in [1.29, 1.82) is 0 Å². The minimum atomic E-state index is -0.338. The summed E-state index contributed by atoms with van der Waals surface area (Å²) >= 11 is 1.89. The smallest absolute Gasteiger partial charge is 0.298 e. The number of hydrogen-bond donors (Lipinski definition) is 0. The third kappa shape index (κ3) is 2.43. The van der Waals surface area contributed by atoms with Crippen molar-refractivity contribution in [3.05, 3.63) is 24.0 Å². The molecule has 0 radical (unpaired) electrons. The van der Waals surface area contributed by atoms with E-state index < -0.39 is 0 Å². The molecule has 4 rings (SSSR count). The second-order valence-electron chi connectivity index (χ2n) is 5.65. The van der Waals surface area contributed by atoms with Gasteiger partial charge in [0.15, 0.2) is 5.58 Å². The van der Waals surface area contributed by atoms with E-state index in [1.165, 1.54) is 12.1 Å². The van der Waals surface area contributed by atoms with Gasteiger partial charge in [-0.25, -0.2) is 4.39 Å². The largest absolute Gasteiger partial charge is 0.423 e. The fourth-order valence-corrected chi connectivity index (χ4v) is 3.76. The van der Waals surface area contributed by atoms with Crippen molar-refractivity contribution in [3.8, 4) is 0 Å². The summed E-state index contributed by atoms with van der Waals surface area (Å²) in [5, 5.41) is 0. The Hall–Kier alpha value is -1.76. The monoisotopic (exact) mass is 321 g/mol. The highest BCUT2D eigenvalue weighted by Gasteiger charge is 2.37. The maximum Gasteiger partial charge on any atom is 0.298 e. The molecular formula is C15H16FN3O2S. The normalized spacial score (nSPS) is 19.5. The van der Waals surface area contributed by atoms with E-state index in [2.05, 4.69) is 4.98 Å². The summed E-state index contributed by atoms with van der Waals surface area (Å²) in [6.07, 6.45) is 0. The summed E-state index contributed by atoms with van der Waals surface area (Å²) in [6.45, 7) is 2.94. The summed E-state index contributed by atoms with van der Waals surface area (Å²) in [5.74, 6) is 1.97. The number of benzene rings is 1. The first-order valence-electron chi connectivity index (χ1n) is 7.38. The van der Waals surface area contributed by atoms with Crippen molar-refractivity contribution in [2.45, 2.75) is 0 Å². The van der Waals surface area contributed by atoms with Crippen molar-refractivity contribution < 1.29 is 13.6 Å². The lowest BCUT2D eigenvalue weighted by atomic mass is 9.99. The van der Waals surface area contributed by atoms with Crippen LogP contribution in [0.25, 0.3) is 11.1 Å². The molecule has 2 aromatic rings. The molecule has 2 fully saturated rings. The number of aromatic nitrogens is 1. The molecule has 5 nitrogen and oxygen atoms in total. The van der Waals surface area contributed by atoms with Crippen LogP contribution in [0.3, 0.4) is 0 Å². The molecule has 1 aromatic heterocycles. The van der Waals surface area contributed by atoms with Crippen LogP contribution in [0, 0.1) is 11.7 Å². The van der Waals surface area contributed by atoms with E-state index in [4.69, 9.17) is 4.42 Å². The van der Waals surface area contributed by atoms with Gasteiger partial charge in [0.05, 0.1) is 5.92 Å². The highest BCUT2D eigenvalue weighted by atomic mass is 32.2. The van der Waals surface area contributed by atoms with Crippen LogP contribution >= 0.6 is 11.8 Å². The lowest BCUT2D eigenvalue weighted by molar-refractivity contribution is -0.136. The van der Waals surface area contributed by atoms with Crippen LogP contribution in [0.1, 0.15) is 0 Å². The number of hydrogen-bond acceptors (Lipinski definition) is 5. The summed E-state index contributed by atoms with van der Waals surface area (Å²) in [4.78, 5) is 20.6. The van der Waals surface area contributed by atoms with Gasteiger partial charge in [0.1, 0.15) is 11.3 Å². The molecule has 2 saturated heterocycles. The van der Waals surface area contributed by atoms with Gasteiger partial charge in [-0.05, 0) is 12.1 Å². The standard InChI is InChI=1S/C15H16FN3O2S/c16-11-1-2-12-13(7-11)21-15(17-12)19-8-10(9-19)14(20)18-3-5-22-6-4-18/h1-2,7,10H,3-6,8-9H2. The highest BCUT2D eigenvalue weighted by Crippen LogP contribution is 2.29. The number of amides is 1. The number of rotatable bonds is 2. The number of carbonyl (C=O) groups excluding carboxylic acids is 1. The first kappa shape index (κ1) is 13.9. The van der Waals surface area contributed by atoms with Gasteiger partial charge in [-0.1, -0.05) is 0 Å². The number of thioether (sulfide) groups is 1. The van der Waals surface area contributed by atoms with Crippen LogP contribution in [0.15, 0.2) is 22.6 Å². The second kappa shape index (κ2) is 5.46. The molecule has 0 atom stereocenters. The Morgan fingerprint density at radius 2 is 2.09 bits per heavy atom. The summed E-state index contributed by atoms with van der Waals surface area (Å²) < 4.78 is 18.7. The number of anilines is 1. The van der Waals surface area contributed by atoms with E-state index in [1.54, 1.807) is 6.07 Å². The maximum absolute atomic E-state index is 13.2. The molecule has 22 heavy (non-hydrogen) atoms. The molecule has 0 bridgehead atoms. The Kier molecular flexibility index (Phi) is 3.44. The Balaban J connectivity index is 1.42. The molecule has 0 N–H and O–H groups in total. The summed E-state index contributed by atoms with van der Waals surface area (Å²) in [6, 6.07) is 4.77. The zero-order valence-electron chi connectivity index (χ0n) is 12.0. The molecule has 1 amide bonds. The van der Waals surface area contributed by atoms with Gasteiger partial charge < -0.3 is 14.2 Å². The van der Waals surface area contributed by atoms with Gasteiger partial charge in [-0.3, -0.25) is 4.79 Å². The Bertz CT molecular complexity index is 708. The molecule has 0 spiro atoms. The van der Waals surface area contributed by atoms with Crippen molar-refractivity contribution in [2.24, 2.45) is 5.92 Å². The number of halogens is 1. The average Bonchev–Trinajstić information content (AvgIpc) is 2.89. The van der Waals surface area contributed by atoms with Crippen LogP contribution in [-0.4, -0.2) is 53.5 Å². The van der Waals surface area contributed by atoms with Gasteiger partial charge >= 0.3 is 0 Å². The zero-order valence-corrected chi connectivity index (χ0v) is 12.8. The molecule has 2 aliphatic heterocycles. The predicted octanol–water partition coefficient (Wildman–Crippen LogP) is 1.98. The van der Waals surface area contributed by atoms with Crippen molar-refractivity contribution >= 4 is 34.8 Å². The number of fused-ring (bicyclic) bond motifs is 1. The fraction of sp³-hybridized carbons (Fsp3) is 0.467. The van der Waals surface area contributed by atoms with E-state index >= 15 is 0 Å². The molecular weight excluding hydrogens is 305 g/mol. The van der Waals surface area contributed by atoms with Crippen LogP contribution in [0.2, 0.25) is 0 Å². The topological polar surface area (TPSA) is 49.6 Å². The highest BCUT2D eigenvalue weighted by molar-refractivity contribution is 7.99. The van der Waals surface area contributed by atoms with Gasteiger partial charge in [-0.15, -0.1) is 0 Å². The maximum atomic E-state index is 13.2. The Morgan fingerprint density at radius 3 is 2.86 bits per heavy atom. The zero-order chi connectivity index (χ0) is 15.1. The molecule has 116 valence electrons. The lowest BCUT2D eigenvalue weighted by Crippen LogP contribution is -2.56. The third-order valence-electron chi connectivity index (χ3n) is 4.16. The molecule has 0 aliphatic carbocycles. The van der Waals surface area contributed by atoms with Gasteiger partial charge in [-0.2, -0.15) is 16.7 Å². The molecule has 2 aliphatic rings. The van der Waals surface area contributed by atoms with E-state index in [1.807, 2.05) is 21.6 Å². The predicted molar refractivity (Wildman–Crippen MR) is 83.6 cm³/mol. The Morgan fingerprint density at radius 1 is 1.32 bits per heavy atom. The van der Waals surface area contributed by atoms with Crippen molar-refractivity contribution in [2.75, 3.05) is 42.6 Å². The fourth-order valence-electron chi connectivity index (χ4n) is 2.85. The molecule has 3 heterocycles. The average molecular weight is 321 g/mol. The lowest BCUT2D eigenvalue weighted by Gasteiger charge is -2.40. The summed E-state index contributed by atoms with van der Waals surface area (Å²) in [7, 11) is 0.